The average Bonchev–Trinajstić information content (AvgIpc) is 2.68. The van der Waals surface area contributed by atoms with Crippen molar-refractivity contribution < 1.29 is 0 Å². The molecule has 0 bridgehead atoms. The third kappa shape index (κ3) is 21.2. The zero-order valence-electron chi connectivity index (χ0n) is 20.0. The summed E-state index contributed by atoms with van der Waals surface area (Å²) in [5.41, 5.74) is 0. The number of unbranched alkanes of at least 4 members (excludes halogenated alkanes) is 17. The Morgan fingerprint density at radius 1 is 0.500 bits per heavy atom. The Bertz CT molecular complexity index is 280. The lowest BCUT2D eigenvalue weighted by atomic mass is 9.99. The Hall–Kier alpha value is 0.440. The van der Waals surface area contributed by atoms with E-state index in [1.54, 1.807) is 0 Å². The summed E-state index contributed by atoms with van der Waals surface area (Å²) in [6.45, 7) is 2.30. The molecule has 0 aliphatic rings. The second-order valence-corrected chi connectivity index (χ2v) is 10.0. The van der Waals surface area contributed by atoms with Gasteiger partial charge in [-0.25, -0.2) is 0 Å². The minimum absolute atomic E-state index is 0.819. The molecule has 0 heterocycles. The van der Waals surface area contributed by atoms with Gasteiger partial charge in [0, 0.05) is 11.4 Å². The first-order chi connectivity index (χ1) is 13.7. The molecule has 0 fully saturated rings. The van der Waals surface area contributed by atoms with Crippen LogP contribution in [0.5, 0.6) is 0 Å². The van der Waals surface area contributed by atoms with Crippen LogP contribution >= 0.6 is 15.9 Å². The van der Waals surface area contributed by atoms with Crippen LogP contribution in [0.25, 0.3) is 0 Å². The molecule has 0 rings (SSSR count). The normalized spacial score (nSPS) is 12.8. The summed E-state index contributed by atoms with van der Waals surface area (Å²) in [7, 11) is 4.57. The van der Waals surface area contributed by atoms with E-state index >= 15 is 0 Å². The van der Waals surface area contributed by atoms with Crippen LogP contribution in [-0.2, 0) is 0 Å². The Morgan fingerprint density at radius 3 is 1.14 bits per heavy atom. The highest BCUT2D eigenvalue weighted by Gasteiger charge is 2.10. The number of nitrogens with zero attached hydrogens (tertiary/aromatic N) is 1. The van der Waals surface area contributed by atoms with Crippen molar-refractivity contribution in [2.45, 2.75) is 148 Å². The third-order valence-electron chi connectivity index (χ3n) is 6.29. The van der Waals surface area contributed by atoms with Crippen molar-refractivity contribution in [3.05, 3.63) is 0 Å². The molecule has 1 atom stereocenters. The SMILES string of the molecule is CCCCCCCCCCCC(CCCCCCCCCCCCBr)N(C)C. The molecule has 0 radical (unpaired) electrons. The molecule has 1 unspecified atom stereocenters. The first-order valence-electron chi connectivity index (χ1n) is 12.9. The van der Waals surface area contributed by atoms with Crippen molar-refractivity contribution in [2.24, 2.45) is 0 Å². The first kappa shape index (κ1) is 28.4. The fourth-order valence-corrected chi connectivity index (χ4v) is 4.64. The molecule has 0 spiro atoms. The summed E-state index contributed by atoms with van der Waals surface area (Å²) in [5, 5.41) is 1.18. The molecule has 0 saturated carbocycles. The van der Waals surface area contributed by atoms with Gasteiger partial charge >= 0.3 is 0 Å². The van der Waals surface area contributed by atoms with Crippen LogP contribution in [-0.4, -0.2) is 30.4 Å². The molecule has 0 aromatic heterocycles. The highest BCUT2D eigenvalue weighted by atomic mass is 79.9. The lowest BCUT2D eigenvalue weighted by Gasteiger charge is -2.24. The van der Waals surface area contributed by atoms with E-state index < -0.39 is 0 Å². The molecule has 1 nitrogen and oxygen atoms in total. The largest absolute Gasteiger partial charge is 0.306 e. The summed E-state index contributed by atoms with van der Waals surface area (Å²) in [6.07, 6.45) is 30.2. The van der Waals surface area contributed by atoms with Crippen LogP contribution in [0.15, 0.2) is 0 Å². The number of rotatable bonds is 23. The predicted octanol–water partition coefficient (Wildman–Crippen LogP) is 9.52. The Morgan fingerprint density at radius 2 is 0.821 bits per heavy atom. The van der Waals surface area contributed by atoms with E-state index in [4.69, 9.17) is 0 Å². The summed E-state index contributed by atoms with van der Waals surface area (Å²) >= 11 is 3.52. The maximum Gasteiger partial charge on any atom is 0.00891 e. The van der Waals surface area contributed by atoms with Crippen molar-refractivity contribution in [2.75, 3.05) is 19.4 Å². The monoisotopic (exact) mass is 459 g/mol. The highest BCUT2D eigenvalue weighted by Crippen LogP contribution is 2.18. The highest BCUT2D eigenvalue weighted by molar-refractivity contribution is 9.09. The van der Waals surface area contributed by atoms with Gasteiger partial charge in [-0.1, -0.05) is 138 Å². The van der Waals surface area contributed by atoms with Gasteiger partial charge in [-0.3, -0.25) is 0 Å². The molecular formula is C26H54BrN. The number of hydrogen-bond donors (Lipinski definition) is 0. The van der Waals surface area contributed by atoms with Crippen LogP contribution in [0.2, 0.25) is 0 Å². The maximum atomic E-state index is 3.52. The van der Waals surface area contributed by atoms with Gasteiger partial charge in [0.25, 0.3) is 0 Å². The summed E-state index contributed by atoms with van der Waals surface area (Å²) < 4.78 is 0. The predicted molar refractivity (Wildman–Crippen MR) is 134 cm³/mol. The molecule has 0 N–H and O–H groups in total. The first-order valence-corrected chi connectivity index (χ1v) is 14.1. The molecular weight excluding hydrogens is 406 g/mol. The van der Waals surface area contributed by atoms with Crippen molar-refractivity contribution >= 4 is 15.9 Å². The molecule has 0 amide bonds. The third-order valence-corrected chi connectivity index (χ3v) is 6.85. The zero-order valence-corrected chi connectivity index (χ0v) is 21.5. The van der Waals surface area contributed by atoms with Gasteiger partial charge in [0.15, 0.2) is 0 Å². The van der Waals surface area contributed by atoms with Crippen LogP contribution < -0.4 is 0 Å². The number of halogens is 1. The molecule has 0 aromatic carbocycles. The van der Waals surface area contributed by atoms with Crippen LogP contribution in [0, 0.1) is 0 Å². The van der Waals surface area contributed by atoms with Crippen molar-refractivity contribution in [3.63, 3.8) is 0 Å². The lowest BCUT2D eigenvalue weighted by Crippen LogP contribution is -2.27. The van der Waals surface area contributed by atoms with Crippen LogP contribution in [0.1, 0.15) is 142 Å². The van der Waals surface area contributed by atoms with Gasteiger partial charge in [0.05, 0.1) is 0 Å². The summed E-state index contributed by atoms with van der Waals surface area (Å²) in [6, 6.07) is 0.819. The topological polar surface area (TPSA) is 3.24 Å². The van der Waals surface area contributed by atoms with Crippen LogP contribution in [0.3, 0.4) is 0 Å². The smallest absolute Gasteiger partial charge is 0.00891 e. The van der Waals surface area contributed by atoms with E-state index in [2.05, 4.69) is 41.8 Å². The van der Waals surface area contributed by atoms with Gasteiger partial charge in [-0.15, -0.1) is 0 Å². The van der Waals surface area contributed by atoms with Gasteiger partial charge in [-0.2, -0.15) is 0 Å². The van der Waals surface area contributed by atoms with Crippen molar-refractivity contribution in [3.8, 4) is 0 Å². The summed E-state index contributed by atoms with van der Waals surface area (Å²) in [4.78, 5) is 2.48. The maximum absolute atomic E-state index is 3.52. The van der Waals surface area contributed by atoms with Crippen molar-refractivity contribution in [1.82, 2.24) is 4.90 Å². The second-order valence-electron chi connectivity index (χ2n) is 9.25. The fourth-order valence-electron chi connectivity index (χ4n) is 4.24. The quantitative estimate of drug-likeness (QED) is 0.108. The fraction of sp³-hybridized carbons (Fsp3) is 1.00. The minimum Gasteiger partial charge on any atom is -0.306 e. The molecule has 0 aliphatic heterocycles. The molecule has 0 aromatic rings. The van der Waals surface area contributed by atoms with Gasteiger partial charge < -0.3 is 4.90 Å². The van der Waals surface area contributed by atoms with Crippen LogP contribution in [0.4, 0.5) is 0 Å². The zero-order chi connectivity index (χ0) is 20.7. The van der Waals surface area contributed by atoms with Gasteiger partial charge in [0.2, 0.25) is 0 Å². The van der Waals surface area contributed by atoms with Crippen molar-refractivity contribution in [1.29, 1.82) is 0 Å². The van der Waals surface area contributed by atoms with E-state index in [0.717, 1.165) is 6.04 Å². The van der Waals surface area contributed by atoms with Gasteiger partial charge in [-0.05, 0) is 33.4 Å². The minimum atomic E-state index is 0.819. The van der Waals surface area contributed by atoms with E-state index in [1.807, 2.05) is 0 Å². The molecule has 2 heteroatoms. The number of alkyl halides is 1. The Labute approximate surface area is 187 Å². The van der Waals surface area contributed by atoms with E-state index in [1.165, 1.54) is 140 Å². The van der Waals surface area contributed by atoms with E-state index in [-0.39, 0.29) is 0 Å². The molecule has 0 aliphatic carbocycles. The molecule has 28 heavy (non-hydrogen) atoms. The van der Waals surface area contributed by atoms with E-state index in [9.17, 15) is 0 Å². The molecule has 0 saturated heterocycles. The second kappa shape index (κ2) is 23.7. The van der Waals surface area contributed by atoms with Gasteiger partial charge in [0.1, 0.15) is 0 Å². The lowest BCUT2D eigenvalue weighted by molar-refractivity contribution is 0.251. The average molecular weight is 461 g/mol. The summed E-state index contributed by atoms with van der Waals surface area (Å²) in [5.74, 6) is 0. The van der Waals surface area contributed by atoms with E-state index in [0.29, 0.717) is 0 Å². The number of hydrogen-bond acceptors (Lipinski definition) is 1. The molecule has 170 valence electrons. The Kier molecular flexibility index (Phi) is 24.1. The standard InChI is InChI=1S/C26H54BrN/c1-4-5-6-7-8-11-14-17-20-23-26(28(2)3)24-21-18-15-12-9-10-13-16-19-22-25-27/h26H,4-25H2,1-3H3. The Balaban J connectivity index is 3.43.